The Labute approximate surface area is 140 Å². The number of aryl methyl sites for hydroxylation is 1. The van der Waals surface area contributed by atoms with Crippen LogP contribution in [0.3, 0.4) is 0 Å². The molecular weight excluding hydrogens is 288 g/mol. The Balaban J connectivity index is 1.42. The summed E-state index contributed by atoms with van der Waals surface area (Å²) >= 11 is 0. The summed E-state index contributed by atoms with van der Waals surface area (Å²) in [7, 11) is 0. The molecule has 0 aromatic heterocycles. The smallest absolute Gasteiger partial charge is 0.0594 e. The highest BCUT2D eigenvalue weighted by Gasteiger charge is 2.18. The molecule has 1 aromatic rings. The lowest BCUT2D eigenvalue weighted by molar-refractivity contribution is 0.0375. The fraction of sp³-hybridized carbons (Fsp3) is 0.684. The number of ether oxygens (including phenoxy) is 1. The normalized spacial score (nSPS) is 20.8. The maximum Gasteiger partial charge on any atom is 0.0594 e. The Kier molecular flexibility index (Phi) is 6.31. The van der Waals surface area contributed by atoms with Crippen LogP contribution in [0.25, 0.3) is 0 Å². The summed E-state index contributed by atoms with van der Waals surface area (Å²) in [4.78, 5) is 4.95. The highest BCUT2D eigenvalue weighted by atomic mass is 16.5. The first kappa shape index (κ1) is 16.7. The number of anilines is 1. The van der Waals surface area contributed by atoms with Gasteiger partial charge in [0.05, 0.1) is 13.2 Å². The first-order chi connectivity index (χ1) is 11.3. The van der Waals surface area contributed by atoms with E-state index in [0.717, 1.165) is 58.7 Å². The molecule has 4 heteroatoms. The Bertz CT molecular complexity index is 449. The minimum absolute atomic E-state index is 0.343. The quantitative estimate of drug-likeness (QED) is 0.872. The fourth-order valence-corrected chi connectivity index (χ4v) is 3.58. The number of hydrogen-bond acceptors (Lipinski definition) is 4. The Hall–Kier alpha value is -1.10. The van der Waals surface area contributed by atoms with Crippen molar-refractivity contribution in [2.75, 3.05) is 57.4 Å². The largest absolute Gasteiger partial charge is 0.396 e. The number of nitrogens with zero attached hydrogens (tertiary/aromatic N) is 2. The average Bonchev–Trinajstić information content (AvgIpc) is 2.63. The summed E-state index contributed by atoms with van der Waals surface area (Å²) in [5.74, 6) is 0.505. The minimum atomic E-state index is 0.343. The maximum atomic E-state index is 9.23. The molecule has 0 unspecified atom stereocenters. The molecule has 0 atom stereocenters. The summed E-state index contributed by atoms with van der Waals surface area (Å²) < 4.78 is 5.39. The third-order valence-corrected chi connectivity index (χ3v) is 5.22. The number of piperidine rings is 1. The zero-order valence-electron chi connectivity index (χ0n) is 14.1. The van der Waals surface area contributed by atoms with Gasteiger partial charge in [0, 0.05) is 38.5 Å². The van der Waals surface area contributed by atoms with E-state index in [1.165, 1.54) is 24.2 Å². The minimum Gasteiger partial charge on any atom is -0.396 e. The Morgan fingerprint density at radius 1 is 1.00 bits per heavy atom. The SMILES string of the molecule is OCC1CCN(c2ccc(CCCN3CCOCC3)cc2)CC1. The molecule has 2 aliphatic rings. The van der Waals surface area contributed by atoms with Crippen molar-refractivity contribution in [2.45, 2.75) is 25.7 Å². The van der Waals surface area contributed by atoms with Crippen LogP contribution in [-0.4, -0.2) is 62.6 Å². The molecule has 23 heavy (non-hydrogen) atoms. The van der Waals surface area contributed by atoms with Crippen molar-refractivity contribution < 1.29 is 9.84 Å². The molecule has 2 aliphatic heterocycles. The van der Waals surface area contributed by atoms with Crippen LogP contribution in [0.1, 0.15) is 24.8 Å². The zero-order valence-corrected chi connectivity index (χ0v) is 14.1. The van der Waals surface area contributed by atoms with Crippen LogP contribution in [0.5, 0.6) is 0 Å². The van der Waals surface area contributed by atoms with Crippen molar-refractivity contribution in [2.24, 2.45) is 5.92 Å². The van der Waals surface area contributed by atoms with E-state index < -0.39 is 0 Å². The van der Waals surface area contributed by atoms with Gasteiger partial charge in [0.15, 0.2) is 0 Å². The molecule has 0 saturated carbocycles. The van der Waals surface area contributed by atoms with Crippen LogP contribution in [0.4, 0.5) is 5.69 Å². The Morgan fingerprint density at radius 2 is 1.70 bits per heavy atom. The van der Waals surface area contributed by atoms with Gasteiger partial charge in [0.1, 0.15) is 0 Å². The van der Waals surface area contributed by atoms with E-state index in [9.17, 15) is 5.11 Å². The summed E-state index contributed by atoms with van der Waals surface area (Å²) in [6, 6.07) is 9.10. The van der Waals surface area contributed by atoms with Gasteiger partial charge in [-0.25, -0.2) is 0 Å². The van der Waals surface area contributed by atoms with Crippen molar-refractivity contribution in [3.05, 3.63) is 29.8 Å². The van der Waals surface area contributed by atoms with Crippen LogP contribution in [0.2, 0.25) is 0 Å². The van der Waals surface area contributed by atoms with Crippen molar-refractivity contribution in [1.29, 1.82) is 0 Å². The van der Waals surface area contributed by atoms with Crippen molar-refractivity contribution in [1.82, 2.24) is 4.90 Å². The van der Waals surface area contributed by atoms with E-state index in [0.29, 0.717) is 12.5 Å². The summed E-state index contributed by atoms with van der Waals surface area (Å²) in [5.41, 5.74) is 2.77. The van der Waals surface area contributed by atoms with E-state index in [1.54, 1.807) is 0 Å². The van der Waals surface area contributed by atoms with Gasteiger partial charge in [-0.2, -0.15) is 0 Å². The van der Waals surface area contributed by atoms with Crippen molar-refractivity contribution >= 4 is 5.69 Å². The first-order valence-electron chi connectivity index (χ1n) is 9.10. The molecule has 128 valence electrons. The second kappa shape index (κ2) is 8.67. The van der Waals surface area contributed by atoms with Crippen LogP contribution >= 0.6 is 0 Å². The topological polar surface area (TPSA) is 35.9 Å². The molecule has 2 fully saturated rings. The van der Waals surface area contributed by atoms with Crippen molar-refractivity contribution in [3.63, 3.8) is 0 Å². The molecule has 1 N–H and O–H groups in total. The Morgan fingerprint density at radius 3 is 2.35 bits per heavy atom. The second-order valence-corrected chi connectivity index (χ2v) is 6.84. The van der Waals surface area contributed by atoms with E-state index in [1.807, 2.05) is 0 Å². The third-order valence-electron chi connectivity index (χ3n) is 5.22. The van der Waals surface area contributed by atoms with E-state index in [4.69, 9.17) is 4.74 Å². The predicted molar refractivity (Wildman–Crippen MR) is 94.0 cm³/mol. The van der Waals surface area contributed by atoms with Gasteiger partial charge in [-0.3, -0.25) is 4.90 Å². The van der Waals surface area contributed by atoms with Crippen molar-refractivity contribution in [3.8, 4) is 0 Å². The summed E-state index contributed by atoms with van der Waals surface area (Å²) in [6.07, 6.45) is 4.60. The number of rotatable bonds is 6. The average molecular weight is 318 g/mol. The molecule has 0 amide bonds. The van der Waals surface area contributed by atoms with Gasteiger partial charge in [-0.1, -0.05) is 12.1 Å². The molecular formula is C19H30N2O2. The molecule has 0 radical (unpaired) electrons. The summed E-state index contributed by atoms with van der Waals surface area (Å²) in [6.45, 7) is 7.62. The number of aliphatic hydroxyl groups is 1. The van der Waals surface area contributed by atoms with Crippen LogP contribution < -0.4 is 4.90 Å². The molecule has 2 saturated heterocycles. The maximum absolute atomic E-state index is 9.23. The van der Waals surface area contributed by atoms with Gasteiger partial charge in [0.25, 0.3) is 0 Å². The number of hydrogen-bond donors (Lipinski definition) is 1. The molecule has 2 heterocycles. The predicted octanol–water partition coefficient (Wildman–Crippen LogP) is 2.16. The van der Waals surface area contributed by atoms with E-state index in [2.05, 4.69) is 34.1 Å². The molecule has 4 nitrogen and oxygen atoms in total. The molecule has 0 bridgehead atoms. The monoisotopic (exact) mass is 318 g/mol. The molecule has 1 aromatic carbocycles. The lowest BCUT2D eigenvalue weighted by atomic mass is 9.97. The number of benzene rings is 1. The molecule has 0 aliphatic carbocycles. The van der Waals surface area contributed by atoms with Gasteiger partial charge >= 0.3 is 0 Å². The molecule has 0 spiro atoms. The summed E-state index contributed by atoms with van der Waals surface area (Å²) in [5, 5.41) is 9.23. The van der Waals surface area contributed by atoms with Crippen LogP contribution in [0, 0.1) is 5.92 Å². The number of morpholine rings is 1. The van der Waals surface area contributed by atoms with Crippen LogP contribution in [0.15, 0.2) is 24.3 Å². The highest BCUT2D eigenvalue weighted by Crippen LogP contribution is 2.23. The standard InChI is InChI=1S/C19H30N2O2/c22-16-18-7-10-21(11-8-18)19-5-3-17(4-6-19)2-1-9-20-12-14-23-15-13-20/h3-6,18,22H,1-2,7-16H2. The van der Waals surface area contributed by atoms with Gasteiger partial charge in [0.2, 0.25) is 0 Å². The number of aliphatic hydroxyl groups excluding tert-OH is 1. The van der Waals surface area contributed by atoms with Gasteiger partial charge in [-0.15, -0.1) is 0 Å². The van der Waals surface area contributed by atoms with Gasteiger partial charge in [-0.05, 0) is 55.8 Å². The lowest BCUT2D eigenvalue weighted by Gasteiger charge is -2.33. The second-order valence-electron chi connectivity index (χ2n) is 6.84. The third kappa shape index (κ3) is 4.93. The molecule has 3 rings (SSSR count). The first-order valence-corrected chi connectivity index (χ1v) is 9.10. The fourth-order valence-electron chi connectivity index (χ4n) is 3.58. The lowest BCUT2D eigenvalue weighted by Crippen LogP contribution is -2.36. The van der Waals surface area contributed by atoms with E-state index >= 15 is 0 Å². The highest BCUT2D eigenvalue weighted by molar-refractivity contribution is 5.48. The van der Waals surface area contributed by atoms with Crippen LogP contribution in [-0.2, 0) is 11.2 Å². The zero-order chi connectivity index (χ0) is 15.9. The van der Waals surface area contributed by atoms with E-state index in [-0.39, 0.29) is 0 Å². The van der Waals surface area contributed by atoms with Gasteiger partial charge < -0.3 is 14.7 Å².